The number of nitrogens with zero attached hydrogens (tertiary/aromatic N) is 2. The maximum atomic E-state index is 14.0. The SMILES string of the molecule is COc1ccc(CN(C(=O)CN(c2ccc(Cl)c(Cl)c2)S(=O)(=O)c2ccccc2)[C@H](C)C(=O)NC2CCCC2)cc1. The Kier molecular flexibility index (Phi) is 10.2. The molecule has 8 nitrogen and oxygen atoms in total. The van der Waals surface area contributed by atoms with E-state index in [9.17, 15) is 18.0 Å². The van der Waals surface area contributed by atoms with E-state index < -0.39 is 28.5 Å². The van der Waals surface area contributed by atoms with Crippen LogP contribution in [0.3, 0.4) is 0 Å². The van der Waals surface area contributed by atoms with Gasteiger partial charge < -0.3 is 15.0 Å². The van der Waals surface area contributed by atoms with Crippen LogP contribution in [0, 0.1) is 0 Å². The summed E-state index contributed by atoms with van der Waals surface area (Å²) in [7, 11) is -2.63. The zero-order valence-electron chi connectivity index (χ0n) is 22.9. The number of rotatable bonds is 11. The monoisotopic (exact) mass is 617 g/mol. The van der Waals surface area contributed by atoms with Gasteiger partial charge in [0.15, 0.2) is 0 Å². The van der Waals surface area contributed by atoms with Crippen molar-refractivity contribution >= 4 is 50.7 Å². The third kappa shape index (κ3) is 7.52. The smallest absolute Gasteiger partial charge is 0.264 e. The highest BCUT2D eigenvalue weighted by atomic mass is 35.5. The lowest BCUT2D eigenvalue weighted by atomic mass is 10.1. The van der Waals surface area contributed by atoms with Gasteiger partial charge in [0, 0.05) is 12.6 Å². The van der Waals surface area contributed by atoms with Gasteiger partial charge in [-0.3, -0.25) is 13.9 Å². The molecule has 4 rings (SSSR count). The average molecular weight is 619 g/mol. The Morgan fingerprint density at radius 3 is 2.24 bits per heavy atom. The highest BCUT2D eigenvalue weighted by molar-refractivity contribution is 7.92. The fourth-order valence-corrected chi connectivity index (χ4v) is 6.51. The van der Waals surface area contributed by atoms with Gasteiger partial charge in [-0.2, -0.15) is 0 Å². The first-order valence-electron chi connectivity index (χ1n) is 13.4. The van der Waals surface area contributed by atoms with E-state index in [0.29, 0.717) is 5.75 Å². The normalized spacial score (nSPS) is 14.3. The van der Waals surface area contributed by atoms with Gasteiger partial charge in [0.1, 0.15) is 18.3 Å². The molecule has 0 aliphatic heterocycles. The molecule has 0 spiro atoms. The summed E-state index contributed by atoms with van der Waals surface area (Å²) in [6, 6.07) is 18.5. The van der Waals surface area contributed by atoms with Crippen LogP contribution in [0.4, 0.5) is 5.69 Å². The van der Waals surface area contributed by atoms with Crippen molar-refractivity contribution in [2.24, 2.45) is 0 Å². The number of sulfonamides is 1. The predicted octanol–water partition coefficient (Wildman–Crippen LogP) is 5.67. The van der Waals surface area contributed by atoms with Crippen molar-refractivity contribution in [2.45, 2.75) is 56.1 Å². The fourth-order valence-electron chi connectivity index (χ4n) is 4.79. The van der Waals surface area contributed by atoms with Gasteiger partial charge in [-0.05, 0) is 67.8 Å². The Bertz CT molecular complexity index is 1460. The van der Waals surface area contributed by atoms with Crippen LogP contribution >= 0.6 is 23.2 Å². The van der Waals surface area contributed by atoms with E-state index >= 15 is 0 Å². The molecule has 1 saturated carbocycles. The van der Waals surface area contributed by atoms with Crippen molar-refractivity contribution in [2.75, 3.05) is 18.0 Å². The molecule has 3 aromatic carbocycles. The maximum Gasteiger partial charge on any atom is 0.264 e. The van der Waals surface area contributed by atoms with Crippen LogP contribution in [0.2, 0.25) is 10.0 Å². The molecule has 11 heteroatoms. The van der Waals surface area contributed by atoms with Crippen LogP contribution in [-0.4, -0.2) is 50.9 Å². The molecule has 0 saturated heterocycles. The quantitative estimate of drug-likeness (QED) is 0.299. The molecule has 0 heterocycles. The molecule has 0 bridgehead atoms. The number of benzene rings is 3. The third-order valence-corrected chi connectivity index (χ3v) is 9.71. The highest BCUT2D eigenvalue weighted by Gasteiger charge is 2.33. The lowest BCUT2D eigenvalue weighted by molar-refractivity contribution is -0.139. The minimum atomic E-state index is -4.19. The summed E-state index contributed by atoms with van der Waals surface area (Å²) in [4.78, 5) is 28.7. The standard InChI is InChI=1S/C30H33Cl2N3O5S/c1-21(30(37)33-23-8-6-7-9-23)34(19-22-12-15-25(40-2)16-13-22)29(36)20-35(24-14-17-27(31)28(32)18-24)41(38,39)26-10-4-3-5-11-26/h3-5,10-18,21,23H,6-9,19-20H2,1-2H3,(H,33,37)/t21-/m1/s1. The van der Waals surface area contributed by atoms with Gasteiger partial charge >= 0.3 is 0 Å². The molecule has 218 valence electrons. The van der Waals surface area contributed by atoms with Gasteiger partial charge in [-0.25, -0.2) is 8.42 Å². The number of ether oxygens (including phenoxy) is 1. The number of nitrogens with one attached hydrogen (secondary N) is 1. The first kappa shape index (κ1) is 30.7. The number of methoxy groups -OCH3 is 1. The van der Waals surface area contributed by atoms with Crippen molar-refractivity contribution in [1.82, 2.24) is 10.2 Å². The molecule has 1 atom stereocenters. The number of halogens is 2. The summed E-state index contributed by atoms with van der Waals surface area (Å²) >= 11 is 12.3. The second-order valence-corrected chi connectivity index (χ2v) is 12.6. The minimum Gasteiger partial charge on any atom is -0.497 e. The second kappa shape index (κ2) is 13.6. The van der Waals surface area contributed by atoms with Gasteiger partial charge in [0.05, 0.1) is 27.7 Å². The number of amides is 2. The minimum absolute atomic E-state index is 0.00704. The molecule has 3 aromatic rings. The van der Waals surface area contributed by atoms with Crippen molar-refractivity contribution in [3.8, 4) is 5.75 Å². The number of hydrogen-bond acceptors (Lipinski definition) is 5. The van der Waals surface area contributed by atoms with Gasteiger partial charge in [0.2, 0.25) is 11.8 Å². The second-order valence-electron chi connectivity index (χ2n) is 9.96. The molecule has 1 aliphatic carbocycles. The van der Waals surface area contributed by atoms with E-state index in [-0.39, 0.29) is 39.1 Å². The molecule has 1 fully saturated rings. The molecular weight excluding hydrogens is 585 g/mol. The van der Waals surface area contributed by atoms with Crippen molar-refractivity contribution in [3.05, 3.63) is 88.4 Å². The van der Waals surface area contributed by atoms with E-state index in [2.05, 4.69) is 5.32 Å². The Labute approximate surface area is 251 Å². The average Bonchev–Trinajstić information content (AvgIpc) is 3.49. The van der Waals surface area contributed by atoms with Crippen LogP contribution in [0.5, 0.6) is 5.75 Å². The van der Waals surface area contributed by atoms with E-state index in [0.717, 1.165) is 35.6 Å². The number of carbonyl (C=O) groups excluding carboxylic acids is 2. The molecule has 41 heavy (non-hydrogen) atoms. The predicted molar refractivity (Wildman–Crippen MR) is 161 cm³/mol. The fraction of sp³-hybridized carbons (Fsp3) is 0.333. The Balaban J connectivity index is 1.69. The van der Waals surface area contributed by atoms with Crippen LogP contribution in [0.15, 0.2) is 77.7 Å². The Hall–Kier alpha value is -3.27. The first-order valence-corrected chi connectivity index (χ1v) is 15.6. The van der Waals surface area contributed by atoms with Crippen LogP contribution in [0.25, 0.3) is 0 Å². The van der Waals surface area contributed by atoms with Crippen LogP contribution < -0.4 is 14.4 Å². The van der Waals surface area contributed by atoms with E-state index in [4.69, 9.17) is 27.9 Å². The topological polar surface area (TPSA) is 96.0 Å². The largest absolute Gasteiger partial charge is 0.497 e. The Morgan fingerprint density at radius 2 is 1.63 bits per heavy atom. The lowest BCUT2D eigenvalue weighted by Gasteiger charge is -2.32. The summed E-state index contributed by atoms with van der Waals surface area (Å²) in [6.07, 6.45) is 3.88. The number of anilines is 1. The van der Waals surface area contributed by atoms with E-state index in [1.165, 1.54) is 35.2 Å². The number of hydrogen-bond donors (Lipinski definition) is 1. The number of carbonyl (C=O) groups is 2. The summed E-state index contributed by atoms with van der Waals surface area (Å²) in [5.74, 6) is -0.190. The molecule has 0 aromatic heterocycles. The maximum absolute atomic E-state index is 14.0. The highest BCUT2D eigenvalue weighted by Crippen LogP contribution is 2.31. The zero-order chi connectivity index (χ0) is 29.6. The van der Waals surface area contributed by atoms with E-state index in [1.54, 1.807) is 56.5 Å². The summed E-state index contributed by atoms with van der Waals surface area (Å²) in [5, 5.41) is 3.45. The van der Waals surface area contributed by atoms with Crippen molar-refractivity contribution < 1.29 is 22.7 Å². The van der Waals surface area contributed by atoms with E-state index in [1.807, 2.05) is 0 Å². The molecular formula is C30H33Cl2N3O5S. The zero-order valence-corrected chi connectivity index (χ0v) is 25.3. The molecule has 0 radical (unpaired) electrons. The van der Waals surface area contributed by atoms with Crippen molar-refractivity contribution in [3.63, 3.8) is 0 Å². The van der Waals surface area contributed by atoms with Gasteiger partial charge in [-0.15, -0.1) is 0 Å². The van der Waals surface area contributed by atoms with Crippen LogP contribution in [-0.2, 0) is 26.2 Å². The first-order chi connectivity index (χ1) is 19.6. The lowest BCUT2D eigenvalue weighted by Crippen LogP contribution is -2.52. The molecule has 2 amide bonds. The van der Waals surface area contributed by atoms with Crippen molar-refractivity contribution in [1.29, 1.82) is 0 Å². The molecule has 0 unspecified atom stereocenters. The van der Waals surface area contributed by atoms with Gasteiger partial charge in [0.25, 0.3) is 10.0 Å². The summed E-state index contributed by atoms with van der Waals surface area (Å²) in [6.45, 7) is 1.18. The molecule has 1 N–H and O–H groups in total. The summed E-state index contributed by atoms with van der Waals surface area (Å²) < 4.78 is 33.9. The molecule has 1 aliphatic rings. The van der Waals surface area contributed by atoms with Gasteiger partial charge in [-0.1, -0.05) is 66.4 Å². The Morgan fingerprint density at radius 1 is 0.976 bits per heavy atom. The third-order valence-electron chi connectivity index (χ3n) is 7.18. The van der Waals surface area contributed by atoms with Crippen LogP contribution in [0.1, 0.15) is 38.2 Å². The summed E-state index contributed by atoms with van der Waals surface area (Å²) in [5.41, 5.74) is 0.927.